The van der Waals surface area contributed by atoms with E-state index >= 15 is 0 Å². The number of anilines is 2. The maximum Gasteiger partial charge on any atom is 0.0458 e. The van der Waals surface area contributed by atoms with Gasteiger partial charge in [0.2, 0.25) is 0 Å². The highest BCUT2D eigenvalue weighted by atomic mass is 15.1. The molecular weight excluding hydrogens is 256 g/mol. The van der Waals surface area contributed by atoms with Gasteiger partial charge in [0.15, 0.2) is 0 Å². The fraction of sp³-hybridized carbons (Fsp3) is 0.0526. The van der Waals surface area contributed by atoms with E-state index in [0.29, 0.717) is 5.70 Å². The number of nitrogens with zero attached hydrogens (tertiary/aromatic N) is 1. The van der Waals surface area contributed by atoms with E-state index in [1.54, 1.807) is 12.2 Å². The van der Waals surface area contributed by atoms with Gasteiger partial charge in [0, 0.05) is 22.8 Å². The molecule has 0 saturated heterocycles. The van der Waals surface area contributed by atoms with E-state index in [-0.39, 0.29) is 0 Å². The van der Waals surface area contributed by atoms with Crippen LogP contribution in [0.3, 0.4) is 0 Å². The van der Waals surface area contributed by atoms with Gasteiger partial charge in [-0.05, 0) is 43.3 Å². The number of hydrogen-bond acceptors (Lipinski definition) is 2. The Kier molecular flexibility index (Phi) is 4.99. The van der Waals surface area contributed by atoms with E-state index in [1.165, 1.54) is 0 Å². The highest BCUT2D eigenvalue weighted by Crippen LogP contribution is 2.29. The zero-order valence-corrected chi connectivity index (χ0v) is 12.2. The number of para-hydroxylation sites is 2. The molecule has 2 nitrogen and oxygen atoms in total. The first-order valence-corrected chi connectivity index (χ1v) is 6.89. The van der Waals surface area contributed by atoms with Crippen LogP contribution in [0.25, 0.3) is 0 Å². The van der Waals surface area contributed by atoms with Gasteiger partial charge in [-0.3, -0.25) is 0 Å². The summed E-state index contributed by atoms with van der Waals surface area (Å²) in [5.74, 6) is 0. The van der Waals surface area contributed by atoms with Crippen LogP contribution in [0.5, 0.6) is 0 Å². The summed E-state index contributed by atoms with van der Waals surface area (Å²) in [6, 6.07) is 20.5. The van der Waals surface area contributed by atoms with E-state index in [2.05, 4.69) is 35.7 Å². The van der Waals surface area contributed by atoms with Crippen molar-refractivity contribution in [2.45, 2.75) is 6.92 Å². The van der Waals surface area contributed by atoms with Crippen molar-refractivity contribution in [2.24, 2.45) is 5.73 Å². The van der Waals surface area contributed by atoms with Gasteiger partial charge in [-0.25, -0.2) is 0 Å². The molecule has 0 unspecified atom stereocenters. The molecule has 0 heterocycles. The summed E-state index contributed by atoms with van der Waals surface area (Å²) in [7, 11) is 0. The Morgan fingerprint density at radius 1 is 0.952 bits per heavy atom. The molecule has 0 fully saturated rings. The molecule has 2 heteroatoms. The average molecular weight is 276 g/mol. The maximum absolute atomic E-state index is 5.97. The summed E-state index contributed by atoms with van der Waals surface area (Å²) in [5.41, 5.74) is 9.89. The lowest BCUT2D eigenvalue weighted by atomic mass is 10.2. The van der Waals surface area contributed by atoms with Crippen molar-refractivity contribution in [3.8, 4) is 0 Å². The van der Waals surface area contributed by atoms with Gasteiger partial charge in [-0.15, -0.1) is 0 Å². The Morgan fingerprint density at radius 2 is 1.43 bits per heavy atom. The van der Waals surface area contributed by atoms with E-state index in [1.807, 2.05) is 49.4 Å². The molecule has 2 aromatic rings. The number of rotatable bonds is 5. The van der Waals surface area contributed by atoms with Crippen molar-refractivity contribution in [1.82, 2.24) is 0 Å². The molecule has 0 aliphatic heterocycles. The summed E-state index contributed by atoms with van der Waals surface area (Å²) in [6.45, 7) is 5.72. The van der Waals surface area contributed by atoms with Crippen LogP contribution in [0.15, 0.2) is 96.9 Å². The van der Waals surface area contributed by atoms with Crippen LogP contribution in [0.4, 0.5) is 11.4 Å². The summed E-state index contributed by atoms with van der Waals surface area (Å²) in [5, 5.41) is 0. The minimum Gasteiger partial charge on any atom is -0.399 e. The Morgan fingerprint density at radius 3 is 1.86 bits per heavy atom. The van der Waals surface area contributed by atoms with Crippen molar-refractivity contribution in [3.05, 3.63) is 96.9 Å². The first kappa shape index (κ1) is 14.7. The van der Waals surface area contributed by atoms with E-state index < -0.39 is 0 Å². The second kappa shape index (κ2) is 7.15. The van der Waals surface area contributed by atoms with Gasteiger partial charge in [0.05, 0.1) is 0 Å². The lowest BCUT2D eigenvalue weighted by Gasteiger charge is -2.26. The fourth-order valence-corrected chi connectivity index (χ4v) is 2.20. The first-order valence-electron chi connectivity index (χ1n) is 6.89. The highest BCUT2D eigenvalue weighted by molar-refractivity contribution is 5.68. The summed E-state index contributed by atoms with van der Waals surface area (Å²) >= 11 is 0. The van der Waals surface area contributed by atoms with Gasteiger partial charge in [-0.2, -0.15) is 0 Å². The molecule has 0 radical (unpaired) electrons. The standard InChI is InChI=1S/C19H20N2/c1-3-10-17(20)15-16(2)21(18-11-6-4-7-12-18)19-13-8-5-9-14-19/h3-15H,1,20H2,2H3/b16-15+,17-10+. The molecule has 106 valence electrons. The number of nitrogens with two attached hydrogens (primary N) is 1. The zero-order valence-electron chi connectivity index (χ0n) is 12.2. The van der Waals surface area contributed by atoms with E-state index in [4.69, 9.17) is 5.73 Å². The Hall–Kier alpha value is -2.74. The second-order valence-electron chi connectivity index (χ2n) is 4.69. The van der Waals surface area contributed by atoms with Gasteiger partial charge >= 0.3 is 0 Å². The molecule has 0 atom stereocenters. The molecule has 2 aromatic carbocycles. The largest absolute Gasteiger partial charge is 0.399 e. The minimum atomic E-state index is 0.680. The quantitative estimate of drug-likeness (QED) is 0.798. The topological polar surface area (TPSA) is 29.3 Å². The predicted molar refractivity (Wildman–Crippen MR) is 91.2 cm³/mol. The normalized spacial score (nSPS) is 12.0. The number of hydrogen-bond donors (Lipinski definition) is 1. The third-order valence-electron chi connectivity index (χ3n) is 3.07. The Balaban J connectivity index is 2.47. The summed E-state index contributed by atoms with van der Waals surface area (Å²) in [4.78, 5) is 2.17. The van der Waals surface area contributed by atoms with Crippen molar-refractivity contribution in [1.29, 1.82) is 0 Å². The summed E-state index contributed by atoms with van der Waals surface area (Å²) < 4.78 is 0. The van der Waals surface area contributed by atoms with Crippen molar-refractivity contribution < 1.29 is 0 Å². The molecule has 2 rings (SSSR count). The minimum absolute atomic E-state index is 0.680. The molecule has 0 saturated carbocycles. The SMILES string of the molecule is C=C/C=C(N)\C=C(/C)N(c1ccccc1)c1ccccc1. The lowest BCUT2D eigenvalue weighted by molar-refractivity contribution is 1.14. The van der Waals surface area contributed by atoms with Crippen LogP contribution in [0.2, 0.25) is 0 Å². The molecule has 0 aliphatic rings. The Bertz CT molecular complexity index is 600. The first-order chi connectivity index (χ1) is 10.2. The van der Waals surface area contributed by atoms with Gasteiger partial charge < -0.3 is 10.6 Å². The molecule has 0 aliphatic carbocycles. The van der Waals surface area contributed by atoms with Crippen LogP contribution in [-0.4, -0.2) is 0 Å². The maximum atomic E-state index is 5.97. The third kappa shape index (κ3) is 3.86. The molecule has 0 amide bonds. The van der Waals surface area contributed by atoms with E-state index in [0.717, 1.165) is 17.1 Å². The van der Waals surface area contributed by atoms with Crippen molar-refractivity contribution in [2.75, 3.05) is 4.90 Å². The molecule has 0 aromatic heterocycles. The van der Waals surface area contributed by atoms with Gasteiger partial charge in [0.25, 0.3) is 0 Å². The second-order valence-corrected chi connectivity index (χ2v) is 4.69. The smallest absolute Gasteiger partial charge is 0.0458 e. The monoisotopic (exact) mass is 276 g/mol. The fourth-order valence-electron chi connectivity index (χ4n) is 2.20. The molecule has 2 N–H and O–H groups in total. The molecule has 0 bridgehead atoms. The van der Waals surface area contributed by atoms with E-state index in [9.17, 15) is 0 Å². The molecule has 0 spiro atoms. The Labute approximate surface area is 126 Å². The van der Waals surface area contributed by atoms with Crippen LogP contribution in [-0.2, 0) is 0 Å². The van der Waals surface area contributed by atoms with Crippen LogP contribution < -0.4 is 10.6 Å². The third-order valence-corrected chi connectivity index (χ3v) is 3.07. The number of benzene rings is 2. The average Bonchev–Trinajstić information content (AvgIpc) is 2.50. The van der Waals surface area contributed by atoms with Crippen molar-refractivity contribution in [3.63, 3.8) is 0 Å². The van der Waals surface area contributed by atoms with Gasteiger partial charge in [-0.1, -0.05) is 49.1 Å². The zero-order chi connectivity index (χ0) is 15.1. The summed E-state index contributed by atoms with van der Waals surface area (Å²) in [6.07, 6.45) is 5.42. The van der Waals surface area contributed by atoms with Gasteiger partial charge in [0.1, 0.15) is 0 Å². The van der Waals surface area contributed by atoms with Crippen LogP contribution in [0.1, 0.15) is 6.92 Å². The highest BCUT2D eigenvalue weighted by Gasteiger charge is 2.10. The lowest BCUT2D eigenvalue weighted by Crippen LogP contribution is -2.15. The van der Waals surface area contributed by atoms with Crippen LogP contribution >= 0.6 is 0 Å². The predicted octanol–water partition coefficient (Wildman–Crippen LogP) is 4.76. The van der Waals surface area contributed by atoms with Crippen LogP contribution in [0, 0.1) is 0 Å². The molecule has 21 heavy (non-hydrogen) atoms. The van der Waals surface area contributed by atoms with Crippen molar-refractivity contribution >= 4 is 11.4 Å². The molecular formula is C19H20N2. The number of allylic oxidation sites excluding steroid dienone is 4.